The van der Waals surface area contributed by atoms with E-state index in [9.17, 15) is 9.18 Å². The van der Waals surface area contributed by atoms with Crippen molar-refractivity contribution in [3.05, 3.63) is 59.4 Å². The molecule has 0 unspecified atom stereocenters. The number of aromatic nitrogens is 5. The van der Waals surface area contributed by atoms with E-state index >= 15 is 0 Å². The summed E-state index contributed by atoms with van der Waals surface area (Å²) < 4.78 is 15.4. The largest absolute Gasteiger partial charge is 0.337 e. The summed E-state index contributed by atoms with van der Waals surface area (Å²) in [4.78, 5) is 25.2. The van der Waals surface area contributed by atoms with Gasteiger partial charge in [0.05, 0.1) is 11.4 Å². The van der Waals surface area contributed by atoms with Crippen LogP contribution in [0.3, 0.4) is 0 Å². The standard InChI is InChI=1S/C19H20FN7O/c1-13-15(20)5-3-6-16(13)27-14(2)17(23-24-27)18(28)25-9-11-26(12-10-25)19-21-7-4-8-22-19/h3-8H,9-12H2,1-2H3. The summed E-state index contributed by atoms with van der Waals surface area (Å²) in [7, 11) is 0. The van der Waals surface area contributed by atoms with Crippen molar-refractivity contribution >= 4 is 11.9 Å². The third-order valence-electron chi connectivity index (χ3n) is 4.97. The summed E-state index contributed by atoms with van der Waals surface area (Å²) in [6.07, 6.45) is 3.41. The zero-order chi connectivity index (χ0) is 19.7. The summed E-state index contributed by atoms with van der Waals surface area (Å²) in [6, 6.07) is 6.54. The van der Waals surface area contributed by atoms with Gasteiger partial charge in [-0.15, -0.1) is 5.10 Å². The molecule has 0 atom stereocenters. The molecule has 3 heterocycles. The van der Waals surface area contributed by atoms with Crippen molar-refractivity contribution in [2.24, 2.45) is 0 Å². The number of amides is 1. The van der Waals surface area contributed by atoms with Gasteiger partial charge in [0.15, 0.2) is 5.69 Å². The Morgan fingerprint density at radius 2 is 1.75 bits per heavy atom. The number of rotatable bonds is 3. The average Bonchev–Trinajstić information content (AvgIpc) is 3.11. The lowest BCUT2D eigenvalue weighted by molar-refractivity contribution is 0.0739. The van der Waals surface area contributed by atoms with Gasteiger partial charge in [0.25, 0.3) is 5.91 Å². The van der Waals surface area contributed by atoms with Crippen molar-refractivity contribution in [1.29, 1.82) is 0 Å². The molecule has 4 rings (SSSR count). The Hall–Kier alpha value is -3.36. The molecule has 0 radical (unpaired) electrons. The summed E-state index contributed by atoms with van der Waals surface area (Å²) in [5.41, 5.74) is 1.92. The maximum absolute atomic E-state index is 13.9. The molecule has 28 heavy (non-hydrogen) atoms. The van der Waals surface area contributed by atoms with Gasteiger partial charge in [0, 0.05) is 44.1 Å². The van der Waals surface area contributed by atoms with Crippen LogP contribution in [0.5, 0.6) is 0 Å². The van der Waals surface area contributed by atoms with E-state index in [1.54, 1.807) is 49.3 Å². The minimum atomic E-state index is -0.320. The monoisotopic (exact) mass is 381 g/mol. The number of carbonyl (C=O) groups is 1. The molecule has 0 aliphatic carbocycles. The quantitative estimate of drug-likeness (QED) is 0.688. The number of nitrogens with zero attached hydrogens (tertiary/aromatic N) is 7. The first-order valence-corrected chi connectivity index (χ1v) is 9.05. The molecule has 1 aliphatic heterocycles. The Kier molecular flexibility index (Phi) is 4.72. The first-order valence-electron chi connectivity index (χ1n) is 9.05. The smallest absolute Gasteiger partial charge is 0.276 e. The number of carbonyl (C=O) groups excluding carboxylic acids is 1. The van der Waals surface area contributed by atoms with Crippen LogP contribution in [-0.2, 0) is 0 Å². The van der Waals surface area contributed by atoms with Crippen LogP contribution >= 0.6 is 0 Å². The molecule has 1 fully saturated rings. The van der Waals surface area contributed by atoms with Gasteiger partial charge in [-0.1, -0.05) is 11.3 Å². The average molecular weight is 381 g/mol. The lowest BCUT2D eigenvalue weighted by atomic mass is 10.2. The summed E-state index contributed by atoms with van der Waals surface area (Å²) >= 11 is 0. The predicted molar refractivity (Wildman–Crippen MR) is 101 cm³/mol. The van der Waals surface area contributed by atoms with Crippen molar-refractivity contribution < 1.29 is 9.18 Å². The number of halogens is 1. The van der Waals surface area contributed by atoms with Crippen LogP contribution in [0.25, 0.3) is 5.69 Å². The van der Waals surface area contributed by atoms with E-state index in [-0.39, 0.29) is 17.4 Å². The SMILES string of the molecule is Cc1c(F)cccc1-n1nnc(C(=O)N2CCN(c3ncccn3)CC2)c1C. The molecular weight excluding hydrogens is 361 g/mol. The van der Waals surface area contributed by atoms with Crippen LogP contribution in [0.15, 0.2) is 36.7 Å². The topological polar surface area (TPSA) is 80.0 Å². The van der Waals surface area contributed by atoms with E-state index < -0.39 is 0 Å². The van der Waals surface area contributed by atoms with E-state index in [1.807, 2.05) is 4.90 Å². The zero-order valence-electron chi connectivity index (χ0n) is 15.7. The van der Waals surface area contributed by atoms with E-state index in [0.29, 0.717) is 49.1 Å². The van der Waals surface area contributed by atoms with Crippen LogP contribution in [-0.4, -0.2) is 61.9 Å². The van der Waals surface area contributed by atoms with Crippen molar-refractivity contribution in [2.75, 3.05) is 31.1 Å². The van der Waals surface area contributed by atoms with Gasteiger partial charge in [-0.2, -0.15) is 0 Å². The lowest BCUT2D eigenvalue weighted by Crippen LogP contribution is -2.49. The number of hydrogen-bond acceptors (Lipinski definition) is 6. The maximum atomic E-state index is 13.9. The molecular formula is C19H20FN7O. The third kappa shape index (κ3) is 3.19. The van der Waals surface area contributed by atoms with E-state index in [2.05, 4.69) is 20.3 Å². The van der Waals surface area contributed by atoms with Crippen molar-refractivity contribution in [1.82, 2.24) is 29.9 Å². The molecule has 1 amide bonds. The van der Waals surface area contributed by atoms with E-state index in [1.165, 1.54) is 10.7 Å². The Balaban J connectivity index is 1.51. The second-order valence-electron chi connectivity index (χ2n) is 6.65. The van der Waals surface area contributed by atoms with Gasteiger partial charge in [-0.05, 0) is 32.0 Å². The molecule has 3 aromatic rings. The fourth-order valence-corrected chi connectivity index (χ4v) is 3.29. The van der Waals surface area contributed by atoms with Gasteiger partial charge in [0.1, 0.15) is 5.82 Å². The Labute approximate surface area is 161 Å². The molecule has 2 aromatic heterocycles. The van der Waals surface area contributed by atoms with Crippen LogP contribution in [0.4, 0.5) is 10.3 Å². The molecule has 8 nitrogen and oxygen atoms in total. The highest BCUT2D eigenvalue weighted by Gasteiger charge is 2.27. The summed E-state index contributed by atoms with van der Waals surface area (Å²) in [5.74, 6) is 0.171. The first kappa shape index (κ1) is 18.0. The predicted octanol–water partition coefficient (Wildman–Crippen LogP) is 1.78. The van der Waals surface area contributed by atoms with Gasteiger partial charge >= 0.3 is 0 Å². The molecule has 1 aliphatic rings. The minimum absolute atomic E-state index is 0.175. The Bertz CT molecular complexity index is 997. The number of benzene rings is 1. The molecule has 144 valence electrons. The fourth-order valence-electron chi connectivity index (χ4n) is 3.29. The lowest BCUT2D eigenvalue weighted by Gasteiger charge is -2.34. The van der Waals surface area contributed by atoms with Gasteiger partial charge in [-0.3, -0.25) is 4.79 Å². The van der Waals surface area contributed by atoms with Crippen molar-refractivity contribution in [2.45, 2.75) is 13.8 Å². The minimum Gasteiger partial charge on any atom is -0.337 e. The van der Waals surface area contributed by atoms with Crippen LogP contribution in [0.2, 0.25) is 0 Å². The number of anilines is 1. The molecule has 0 N–H and O–H groups in total. The summed E-state index contributed by atoms with van der Waals surface area (Å²) in [5, 5.41) is 8.16. The van der Waals surface area contributed by atoms with Crippen LogP contribution in [0.1, 0.15) is 21.7 Å². The summed E-state index contributed by atoms with van der Waals surface area (Å²) in [6.45, 7) is 5.83. The van der Waals surface area contributed by atoms with Crippen LogP contribution < -0.4 is 4.90 Å². The number of piperazine rings is 1. The van der Waals surface area contributed by atoms with Crippen molar-refractivity contribution in [3.63, 3.8) is 0 Å². The molecule has 1 saturated heterocycles. The molecule has 1 aromatic carbocycles. The Morgan fingerprint density at radius 1 is 1.04 bits per heavy atom. The molecule has 0 bridgehead atoms. The van der Waals surface area contributed by atoms with E-state index in [4.69, 9.17) is 0 Å². The highest BCUT2D eigenvalue weighted by Crippen LogP contribution is 2.20. The van der Waals surface area contributed by atoms with Gasteiger partial charge in [-0.25, -0.2) is 19.0 Å². The van der Waals surface area contributed by atoms with Crippen LogP contribution in [0, 0.1) is 19.7 Å². The zero-order valence-corrected chi connectivity index (χ0v) is 15.7. The third-order valence-corrected chi connectivity index (χ3v) is 4.97. The molecule has 0 spiro atoms. The Morgan fingerprint density at radius 3 is 2.46 bits per heavy atom. The van der Waals surface area contributed by atoms with Gasteiger partial charge < -0.3 is 9.80 Å². The highest BCUT2D eigenvalue weighted by atomic mass is 19.1. The van der Waals surface area contributed by atoms with Crippen molar-refractivity contribution in [3.8, 4) is 5.69 Å². The van der Waals surface area contributed by atoms with Gasteiger partial charge in [0.2, 0.25) is 5.95 Å². The van der Waals surface area contributed by atoms with E-state index in [0.717, 1.165) is 0 Å². The maximum Gasteiger partial charge on any atom is 0.276 e. The normalized spacial score (nSPS) is 14.4. The highest BCUT2D eigenvalue weighted by molar-refractivity contribution is 5.93. The molecule has 0 saturated carbocycles. The molecule has 9 heteroatoms. The number of hydrogen-bond donors (Lipinski definition) is 0. The second-order valence-corrected chi connectivity index (χ2v) is 6.65. The fraction of sp³-hybridized carbons (Fsp3) is 0.316. The second kappa shape index (κ2) is 7.34. The first-order chi connectivity index (χ1) is 13.6.